The maximum absolute atomic E-state index is 13.9. The van der Waals surface area contributed by atoms with E-state index in [2.05, 4.69) is 50.4 Å². The van der Waals surface area contributed by atoms with Gasteiger partial charge >= 0.3 is 0 Å². The number of ether oxygens (including phenoxy) is 1. The minimum absolute atomic E-state index is 0.0778. The fourth-order valence-corrected chi connectivity index (χ4v) is 5.60. The lowest BCUT2D eigenvalue weighted by Crippen LogP contribution is -2.36. The van der Waals surface area contributed by atoms with E-state index < -0.39 is 5.82 Å². The monoisotopic (exact) mass is 533 g/mol. The lowest BCUT2D eigenvalue weighted by atomic mass is 10.0. The molecule has 0 spiro atoms. The molecule has 2 aromatic carbocycles. The number of halogens is 2. The van der Waals surface area contributed by atoms with Crippen LogP contribution in [0.3, 0.4) is 0 Å². The summed E-state index contributed by atoms with van der Waals surface area (Å²) in [6, 6.07) is 22.7. The Bertz CT molecular complexity index is 1410. The van der Waals surface area contributed by atoms with Crippen LogP contribution in [0.5, 0.6) is 0 Å². The Hall–Kier alpha value is -3.46. The topological polar surface area (TPSA) is 45.6 Å². The van der Waals surface area contributed by atoms with E-state index in [1.165, 1.54) is 6.07 Å². The summed E-state index contributed by atoms with van der Waals surface area (Å²) in [5.41, 5.74) is 4.76. The number of rotatable bonds is 5. The van der Waals surface area contributed by atoms with Crippen molar-refractivity contribution in [1.29, 1.82) is 0 Å². The molecule has 6 rings (SSSR count). The maximum atomic E-state index is 13.9. The molecular formula is C28H25ClFN5OS. The van der Waals surface area contributed by atoms with E-state index in [4.69, 9.17) is 28.6 Å². The van der Waals surface area contributed by atoms with Crippen molar-refractivity contribution in [2.24, 2.45) is 0 Å². The van der Waals surface area contributed by atoms with Gasteiger partial charge in [-0.05, 0) is 78.9 Å². The highest BCUT2D eigenvalue weighted by Crippen LogP contribution is 2.42. The van der Waals surface area contributed by atoms with Gasteiger partial charge in [0.05, 0.1) is 30.0 Å². The van der Waals surface area contributed by atoms with Crippen LogP contribution in [0.15, 0.2) is 85.2 Å². The predicted molar refractivity (Wildman–Crippen MR) is 148 cm³/mol. The fraction of sp³-hybridized carbons (Fsp3) is 0.214. The van der Waals surface area contributed by atoms with Gasteiger partial charge in [-0.3, -0.25) is 4.98 Å². The first-order valence-electron chi connectivity index (χ1n) is 12.2. The third-order valence-electron chi connectivity index (χ3n) is 6.87. The summed E-state index contributed by atoms with van der Waals surface area (Å²) in [6.45, 7) is 3.22. The zero-order chi connectivity index (χ0) is 25.4. The number of pyridine rings is 1. The van der Waals surface area contributed by atoms with Crippen LogP contribution in [-0.4, -0.2) is 41.0 Å². The number of thiocarbonyl (C=S) groups is 1. The molecule has 4 heterocycles. The van der Waals surface area contributed by atoms with Gasteiger partial charge in [-0.2, -0.15) is 0 Å². The van der Waals surface area contributed by atoms with Crippen molar-refractivity contribution in [1.82, 2.24) is 14.9 Å². The first-order chi connectivity index (χ1) is 18.1. The van der Waals surface area contributed by atoms with Gasteiger partial charge in [-0.1, -0.05) is 17.7 Å². The van der Waals surface area contributed by atoms with Gasteiger partial charge in [0.1, 0.15) is 11.9 Å². The van der Waals surface area contributed by atoms with Crippen LogP contribution in [0, 0.1) is 5.82 Å². The average molecular weight is 534 g/mol. The van der Waals surface area contributed by atoms with Gasteiger partial charge in [-0.15, -0.1) is 0 Å². The molecule has 2 aliphatic heterocycles. The van der Waals surface area contributed by atoms with Crippen LogP contribution < -0.4 is 15.1 Å². The first kappa shape index (κ1) is 23.9. The zero-order valence-corrected chi connectivity index (χ0v) is 21.5. The molecule has 0 radical (unpaired) electrons. The molecule has 2 atom stereocenters. The molecule has 0 saturated carbocycles. The zero-order valence-electron chi connectivity index (χ0n) is 19.9. The molecule has 2 aliphatic rings. The number of hydrogen-bond acceptors (Lipinski definition) is 4. The van der Waals surface area contributed by atoms with Crippen LogP contribution in [0.25, 0.3) is 5.69 Å². The summed E-state index contributed by atoms with van der Waals surface area (Å²) in [4.78, 5) is 9.10. The lowest BCUT2D eigenvalue weighted by Gasteiger charge is -2.31. The third-order valence-corrected chi connectivity index (χ3v) is 7.47. The molecule has 188 valence electrons. The van der Waals surface area contributed by atoms with E-state index in [0.717, 1.165) is 54.8 Å². The van der Waals surface area contributed by atoms with Gasteiger partial charge in [0.25, 0.3) is 0 Å². The van der Waals surface area contributed by atoms with Gasteiger partial charge < -0.3 is 24.4 Å². The normalized spacial score (nSPS) is 19.8. The third kappa shape index (κ3) is 4.56. The maximum Gasteiger partial charge on any atom is 0.174 e. The van der Waals surface area contributed by atoms with Crippen molar-refractivity contribution in [3.05, 3.63) is 107 Å². The van der Waals surface area contributed by atoms with E-state index >= 15 is 0 Å². The molecule has 2 aromatic heterocycles. The Balaban J connectivity index is 1.42. The quantitative estimate of drug-likeness (QED) is 0.333. The Kier molecular flexibility index (Phi) is 6.54. The summed E-state index contributed by atoms with van der Waals surface area (Å²) in [5.74, 6) is -0.448. The van der Waals surface area contributed by atoms with Crippen LogP contribution >= 0.6 is 23.8 Å². The van der Waals surface area contributed by atoms with Gasteiger partial charge in [0.2, 0.25) is 0 Å². The molecule has 4 aromatic rings. The first-order valence-corrected chi connectivity index (χ1v) is 12.9. The molecule has 37 heavy (non-hydrogen) atoms. The van der Waals surface area contributed by atoms with E-state index in [-0.39, 0.29) is 17.1 Å². The van der Waals surface area contributed by atoms with Crippen LogP contribution in [0.2, 0.25) is 5.02 Å². The average Bonchev–Trinajstić information content (AvgIpc) is 3.56. The van der Waals surface area contributed by atoms with Gasteiger partial charge in [-0.25, -0.2) is 4.39 Å². The molecule has 0 aliphatic carbocycles. The highest BCUT2D eigenvalue weighted by Gasteiger charge is 2.42. The van der Waals surface area contributed by atoms with Crippen LogP contribution in [0.4, 0.5) is 15.8 Å². The second-order valence-electron chi connectivity index (χ2n) is 9.01. The van der Waals surface area contributed by atoms with E-state index in [1.807, 2.05) is 35.0 Å². The molecule has 0 amide bonds. The summed E-state index contributed by atoms with van der Waals surface area (Å²) in [5, 5.41) is 4.20. The number of anilines is 2. The van der Waals surface area contributed by atoms with Crippen molar-refractivity contribution >= 4 is 40.3 Å². The molecule has 9 heteroatoms. The Morgan fingerprint density at radius 3 is 2.43 bits per heavy atom. The SMILES string of the molecule is Fc1ccc(-n2cccc2[C@H]2[C@H](c3ccccn3)NC(=S)N2c2ccc(N3CCOCC3)cc2)cc1Cl. The highest BCUT2D eigenvalue weighted by molar-refractivity contribution is 7.80. The molecule has 1 N–H and O–H groups in total. The van der Waals surface area contributed by atoms with E-state index in [1.54, 1.807) is 18.3 Å². The Morgan fingerprint density at radius 1 is 0.946 bits per heavy atom. The van der Waals surface area contributed by atoms with E-state index in [0.29, 0.717) is 5.11 Å². The number of hydrogen-bond donors (Lipinski definition) is 1. The minimum Gasteiger partial charge on any atom is -0.378 e. The Labute approximate surface area is 225 Å². The smallest absolute Gasteiger partial charge is 0.174 e. The number of nitrogens with zero attached hydrogens (tertiary/aromatic N) is 4. The molecule has 2 fully saturated rings. The van der Waals surface area contributed by atoms with E-state index in [9.17, 15) is 4.39 Å². The number of benzene rings is 2. The van der Waals surface area contributed by atoms with Crippen LogP contribution in [-0.2, 0) is 4.74 Å². The highest BCUT2D eigenvalue weighted by atomic mass is 35.5. The molecule has 0 bridgehead atoms. The largest absolute Gasteiger partial charge is 0.378 e. The number of nitrogens with one attached hydrogen (secondary N) is 1. The van der Waals surface area contributed by atoms with Gasteiger partial charge in [0.15, 0.2) is 5.11 Å². The van der Waals surface area contributed by atoms with Crippen molar-refractivity contribution < 1.29 is 9.13 Å². The van der Waals surface area contributed by atoms with Gasteiger partial charge in [0, 0.05) is 48.2 Å². The molecule has 2 saturated heterocycles. The van der Waals surface area contributed by atoms with Crippen molar-refractivity contribution in [2.75, 3.05) is 36.1 Å². The number of morpholine rings is 1. The number of aromatic nitrogens is 2. The predicted octanol–water partition coefficient (Wildman–Crippen LogP) is 5.68. The Morgan fingerprint density at radius 2 is 1.70 bits per heavy atom. The summed E-state index contributed by atoms with van der Waals surface area (Å²) < 4.78 is 21.5. The standard InChI is InChI=1S/C28H25ClFN5OS/c29-22-18-21(10-11-23(22)30)34-13-3-5-25(34)27-26(24-4-1-2-12-31-24)32-28(37)35(27)20-8-6-19(7-9-20)33-14-16-36-17-15-33/h1-13,18,26-27H,14-17H2,(H,32,37)/t26-,27-/m0/s1. The second-order valence-corrected chi connectivity index (χ2v) is 9.81. The van der Waals surface area contributed by atoms with Crippen LogP contribution in [0.1, 0.15) is 23.5 Å². The fourth-order valence-electron chi connectivity index (χ4n) is 5.08. The van der Waals surface area contributed by atoms with Crippen molar-refractivity contribution in [2.45, 2.75) is 12.1 Å². The summed E-state index contributed by atoms with van der Waals surface area (Å²) in [7, 11) is 0. The molecular weight excluding hydrogens is 509 g/mol. The second kappa shape index (κ2) is 10.1. The summed E-state index contributed by atoms with van der Waals surface area (Å²) in [6.07, 6.45) is 3.74. The summed E-state index contributed by atoms with van der Waals surface area (Å²) >= 11 is 12.0. The lowest BCUT2D eigenvalue weighted by molar-refractivity contribution is 0.122. The van der Waals surface area contributed by atoms with Crippen molar-refractivity contribution in [3.63, 3.8) is 0 Å². The minimum atomic E-state index is -0.448. The molecule has 0 unspecified atom stereocenters. The van der Waals surface area contributed by atoms with Crippen molar-refractivity contribution in [3.8, 4) is 5.69 Å². The molecule has 6 nitrogen and oxygen atoms in total.